The molecule has 14 nitrogen and oxygen atoms in total. The molecule has 2 atom stereocenters. The Labute approximate surface area is 391 Å². The molecule has 1 aromatic carbocycles. The number of halogens is 4. The van der Waals surface area contributed by atoms with Gasteiger partial charge in [-0.1, -0.05) is 56.1 Å². The number of aromatic nitrogens is 8. The molecule has 2 unspecified atom stereocenters. The normalized spacial score (nSPS) is 16.6. The molecule has 0 radical (unpaired) electrons. The van der Waals surface area contributed by atoms with Gasteiger partial charge in [0.25, 0.3) is 5.91 Å². The maximum absolute atomic E-state index is 14.6. The van der Waals surface area contributed by atoms with Gasteiger partial charge in [-0.05, 0) is 80.7 Å². The molecule has 7 aromatic rings. The number of nitrogens with zero attached hydrogens (tertiary/aromatic N) is 8. The molecule has 0 bridgehead atoms. The lowest BCUT2D eigenvalue weighted by molar-refractivity contribution is -0.141. The minimum Gasteiger partial charge on any atom is -0.367 e. The highest BCUT2D eigenvalue weighted by atomic mass is 35.5. The van der Waals surface area contributed by atoms with Crippen molar-refractivity contribution < 1.29 is 18.4 Å². The number of H-pyrrole nitrogens is 2. The van der Waals surface area contributed by atoms with E-state index in [2.05, 4.69) is 50.5 Å². The molecule has 8 heterocycles. The van der Waals surface area contributed by atoms with E-state index in [1.807, 2.05) is 62.6 Å². The van der Waals surface area contributed by atoms with Gasteiger partial charge in [-0.25, -0.2) is 38.7 Å². The van der Waals surface area contributed by atoms with Gasteiger partial charge in [0.15, 0.2) is 34.9 Å². The quantitative estimate of drug-likeness (QED) is 0.109. The van der Waals surface area contributed by atoms with Crippen LogP contribution in [0, 0.1) is 42.7 Å². The Morgan fingerprint density at radius 2 is 1.24 bits per heavy atom. The first-order chi connectivity index (χ1) is 31.6. The monoisotopic (exact) mass is 936 g/mol. The molecule has 2 amide bonds. The Kier molecular flexibility index (Phi) is 13.8. The van der Waals surface area contributed by atoms with E-state index in [4.69, 9.17) is 23.2 Å². The summed E-state index contributed by atoms with van der Waals surface area (Å²) in [7, 11) is 0. The highest BCUT2D eigenvalue weighted by Gasteiger charge is 2.31. The first-order valence-corrected chi connectivity index (χ1v) is 22.8. The lowest BCUT2D eigenvalue weighted by atomic mass is 9.91. The van der Waals surface area contributed by atoms with E-state index in [0.29, 0.717) is 70.3 Å². The molecule has 0 saturated carbocycles. The largest absolute Gasteiger partial charge is 0.367 e. The maximum Gasteiger partial charge on any atom is 0.254 e. The SMILES string of the molecule is CC(C)(C)C(=O)N1CCCC(CNc2nc(-c3c[nH]c4ncc(Cl)cc34)ncc2F)C1.Cc1cccc(C(=O)N2CCCC(CNc3nc(-c4c[nH]c5ncc(Cl)cc45)ncc3F)C2)c1C. The van der Waals surface area contributed by atoms with Gasteiger partial charge in [-0.3, -0.25) is 9.59 Å². The van der Waals surface area contributed by atoms with Crippen molar-refractivity contribution in [1.82, 2.24) is 49.7 Å². The molecular formula is C48H52Cl2F2N12O2. The summed E-state index contributed by atoms with van der Waals surface area (Å²) in [4.78, 5) is 61.4. The Morgan fingerprint density at radius 1 is 0.742 bits per heavy atom. The fourth-order valence-corrected chi connectivity index (χ4v) is 8.83. The Morgan fingerprint density at radius 3 is 1.76 bits per heavy atom. The van der Waals surface area contributed by atoms with Crippen LogP contribution in [0.15, 0.2) is 67.5 Å². The zero-order chi connectivity index (χ0) is 46.7. The second-order valence-corrected chi connectivity index (χ2v) is 18.9. The molecule has 18 heteroatoms. The number of likely N-dealkylation sites (tertiary alicyclic amines) is 2. The number of pyridine rings is 2. The number of hydrogen-bond donors (Lipinski definition) is 4. The number of carbonyl (C=O) groups excluding carboxylic acids is 2. The highest BCUT2D eigenvalue weighted by Crippen LogP contribution is 2.31. The van der Waals surface area contributed by atoms with Crippen LogP contribution in [0.2, 0.25) is 10.0 Å². The number of piperidine rings is 2. The summed E-state index contributed by atoms with van der Waals surface area (Å²) < 4.78 is 29.0. The molecule has 4 N–H and O–H groups in total. The first-order valence-electron chi connectivity index (χ1n) is 22.1. The smallest absolute Gasteiger partial charge is 0.254 e. The number of fused-ring (bicyclic) bond motifs is 2. The number of rotatable bonds is 9. The van der Waals surface area contributed by atoms with E-state index in [-0.39, 0.29) is 35.3 Å². The van der Waals surface area contributed by atoms with Gasteiger partial charge < -0.3 is 30.4 Å². The molecule has 66 heavy (non-hydrogen) atoms. The topological polar surface area (TPSA) is 174 Å². The van der Waals surface area contributed by atoms with Crippen LogP contribution < -0.4 is 10.6 Å². The second kappa shape index (κ2) is 19.7. The number of carbonyl (C=O) groups is 2. The van der Waals surface area contributed by atoms with Crippen LogP contribution >= 0.6 is 23.2 Å². The fraction of sp³-hybridized carbons (Fsp3) is 0.375. The van der Waals surface area contributed by atoms with Gasteiger partial charge >= 0.3 is 0 Å². The van der Waals surface area contributed by atoms with Gasteiger partial charge in [-0.15, -0.1) is 0 Å². The van der Waals surface area contributed by atoms with Crippen LogP contribution in [0.1, 0.15) is 67.9 Å². The van der Waals surface area contributed by atoms with E-state index in [1.54, 1.807) is 36.9 Å². The molecular weight excluding hydrogens is 886 g/mol. The average Bonchev–Trinajstić information content (AvgIpc) is 3.93. The lowest BCUT2D eigenvalue weighted by Crippen LogP contribution is -2.46. The molecule has 0 aliphatic carbocycles. The maximum atomic E-state index is 14.6. The summed E-state index contributed by atoms with van der Waals surface area (Å²) in [5.41, 5.74) is 5.18. The number of amides is 2. The molecule has 2 aliphatic rings. The van der Waals surface area contributed by atoms with E-state index in [1.165, 1.54) is 6.20 Å². The predicted molar refractivity (Wildman–Crippen MR) is 254 cm³/mol. The first kappa shape index (κ1) is 46.3. The average molecular weight is 938 g/mol. The molecule has 344 valence electrons. The van der Waals surface area contributed by atoms with Crippen molar-refractivity contribution in [2.75, 3.05) is 49.9 Å². The van der Waals surface area contributed by atoms with Gasteiger partial charge in [0.05, 0.1) is 22.4 Å². The minimum atomic E-state index is -0.524. The number of aromatic amines is 2. The zero-order valence-corrected chi connectivity index (χ0v) is 39.0. The summed E-state index contributed by atoms with van der Waals surface area (Å²) in [6.45, 7) is 13.6. The minimum absolute atomic E-state index is 0.0537. The highest BCUT2D eigenvalue weighted by molar-refractivity contribution is 6.31. The second-order valence-electron chi connectivity index (χ2n) is 18.1. The van der Waals surface area contributed by atoms with Crippen LogP contribution in [0.4, 0.5) is 20.4 Å². The molecule has 2 aliphatic heterocycles. The third kappa shape index (κ3) is 10.4. The van der Waals surface area contributed by atoms with Crippen molar-refractivity contribution in [3.05, 3.63) is 106 Å². The molecule has 0 spiro atoms. The zero-order valence-electron chi connectivity index (χ0n) is 37.5. The van der Waals surface area contributed by atoms with Crippen LogP contribution in [0.25, 0.3) is 44.8 Å². The van der Waals surface area contributed by atoms with E-state index in [9.17, 15) is 18.4 Å². The van der Waals surface area contributed by atoms with Crippen LogP contribution in [-0.2, 0) is 4.79 Å². The third-order valence-electron chi connectivity index (χ3n) is 12.2. The van der Waals surface area contributed by atoms with Crippen LogP contribution in [0.3, 0.4) is 0 Å². The number of anilines is 2. The standard InChI is InChI=1S/C26H26ClFN6O.C22H26ClFN6O/c1-15-5-3-7-19(16(15)2)26(35)34-8-4-6-17(14-34)10-29-25-22(28)13-32-24(33-25)21-12-31-23-20(21)9-18(27)11-30-23;1-22(2,3)21(31)30-6-4-5-13(12-30)8-25-20-17(24)11-28-19(29-20)16-10-27-18-15(16)7-14(23)9-26-18/h3,5,7,9,11-13,17H,4,6,8,10,14H2,1-2H3,(H,30,31)(H,29,32,33);7,9-11,13H,4-6,8,12H2,1-3H3,(H,26,27)(H,25,28,29). The van der Waals surface area contributed by atoms with Gasteiger partial charge in [0.1, 0.15) is 11.3 Å². The fourth-order valence-electron chi connectivity index (χ4n) is 8.51. The van der Waals surface area contributed by atoms with Gasteiger partial charge in [0, 0.05) is 96.9 Å². The van der Waals surface area contributed by atoms with Crippen molar-refractivity contribution in [1.29, 1.82) is 0 Å². The number of hydrogen-bond acceptors (Lipinski definition) is 10. The van der Waals surface area contributed by atoms with Crippen molar-refractivity contribution in [3.8, 4) is 22.8 Å². The molecule has 2 fully saturated rings. The van der Waals surface area contributed by atoms with Crippen LogP contribution in [0.5, 0.6) is 0 Å². The van der Waals surface area contributed by atoms with Crippen molar-refractivity contribution >= 4 is 68.7 Å². The van der Waals surface area contributed by atoms with E-state index >= 15 is 0 Å². The Hall–Kier alpha value is -6.26. The van der Waals surface area contributed by atoms with E-state index < -0.39 is 17.0 Å². The summed E-state index contributed by atoms with van der Waals surface area (Å²) in [5, 5.41) is 8.81. The number of nitrogens with one attached hydrogen (secondary N) is 4. The lowest BCUT2D eigenvalue weighted by Gasteiger charge is -2.36. The molecule has 2 saturated heterocycles. The summed E-state index contributed by atoms with van der Waals surface area (Å²) >= 11 is 12.2. The van der Waals surface area contributed by atoms with Gasteiger partial charge in [0.2, 0.25) is 5.91 Å². The Balaban J connectivity index is 0.000000181. The van der Waals surface area contributed by atoms with Crippen molar-refractivity contribution in [2.45, 2.75) is 60.3 Å². The summed E-state index contributed by atoms with van der Waals surface area (Å²) in [6, 6.07) is 9.38. The predicted octanol–water partition coefficient (Wildman–Crippen LogP) is 9.90. The number of aryl methyl sites for hydroxylation is 1. The third-order valence-corrected chi connectivity index (χ3v) is 12.6. The van der Waals surface area contributed by atoms with E-state index in [0.717, 1.165) is 72.4 Å². The Bertz CT molecular complexity index is 2900. The van der Waals surface area contributed by atoms with Gasteiger partial charge in [-0.2, -0.15) is 0 Å². The van der Waals surface area contributed by atoms with Crippen LogP contribution in [-0.4, -0.2) is 101 Å². The summed E-state index contributed by atoms with van der Waals surface area (Å²) in [6.07, 6.45) is 12.7. The van der Waals surface area contributed by atoms with Crippen molar-refractivity contribution in [2.24, 2.45) is 17.3 Å². The number of benzene rings is 1. The summed E-state index contributed by atoms with van der Waals surface area (Å²) in [5.74, 6) is 0.623. The molecule has 9 rings (SSSR count). The van der Waals surface area contributed by atoms with Crippen molar-refractivity contribution in [3.63, 3.8) is 0 Å². The molecule has 6 aromatic heterocycles.